The summed E-state index contributed by atoms with van der Waals surface area (Å²) in [6.07, 6.45) is 10.6. The molecule has 0 bridgehead atoms. The first-order valence-corrected chi connectivity index (χ1v) is 19.9. The lowest BCUT2D eigenvalue weighted by Gasteiger charge is -2.58. The minimum Gasteiger partial charge on any atom is -0.460 e. The summed E-state index contributed by atoms with van der Waals surface area (Å²) in [4.78, 5) is 54.5. The monoisotopic (exact) mass is 738 g/mol. The van der Waals surface area contributed by atoms with Gasteiger partial charge in [-0.05, 0) is 98.2 Å². The third-order valence-electron chi connectivity index (χ3n) is 13.6. The number of hydroxylamine groups is 2. The van der Waals surface area contributed by atoms with Gasteiger partial charge < -0.3 is 19.2 Å². The lowest BCUT2D eigenvalue weighted by molar-refractivity contribution is -0.245. The van der Waals surface area contributed by atoms with Gasteiger partial charge in [-0.25, -0.2) is 5.06 Å². The predicted molar refractivity (Wildman–Crippen MR) is 188 cm³/mol. The van der Waals surface area contributed by atoms with Gasteiger partial charge in [-0.3, -0.25) is 19.2 Å². The molecule has 294 valence electrons. The predicted octanol–water partition coefficient (Wildman–Crippen LogP) is 7.61. The fourth-order valence-electron chi connectivity index (χ4n) is 10.7. The highest BCUT2D eigenvalue weighted by Crippen LogP contribution is 2.67. The number of likely N-dealkylation sites (tertiary alicyclic amines) is 1. The molecule has 1 saturated heterocycles. The van der Waals surface area contributed by atoms with E-state index < -0.39 is 30.2 Å². The van der Waals surface area contributed by atoms with Gasteiger partial charge in [-0.1, -0.05) is 58.6 Å². The Morgan fingerprint density at radius 1 is 1.04 bits per heavy atom. The standard InChI is InChI=1S/C40H61F3N2O7/c1-27(2)8-5-6-9-28-12-14-33-32-13-11-29-24-30(15-18-39(29,4)34(32)16-19-38(28,33)3)45(37(49)40(41,42)43)51-23-22-50-26-35(47)44-20-17-31(25-44)52-36(48)10-7-21-46/h11,21,27-28,30-34H,5-10,12-20,22-26H2,1-4H3. The zero-order chi connectivity index (χ0) is 37.7. The molecule has 9 nitrogen and oxygen atoms in total. The van der Waals surface area contributed by atoms with Crippen LogP contribution in [0.3, 0.4) is 0 Å². The van der Waals surface area contributed by atoms with Gasteiger partial charge in [0.25, 0.3) is 0 Å². The van der Waals surface area contributed by atoms with Gasteiger partial charge in [0.2, 0.25) is 5.91 Å². The Balaban J connectivity index is 1.13. The summed E-state index contributed by atoms with van der Waals surface area (Å²) < 4.78 is 52.2. The van der Waals surface area contributed by atoms with Gasteiger partial charge in [0.1, 0.15) is 19.0 Å². The van der Waals surface area contributed by atoms with E-state index in [1.165, 1.54) is 55.4 Å². The van der Waals surface area contributed by atoms with E-state index in [-0.39, 0.29) is 50.5 Å². The van der Waals surface area contributed by atoms with Crippen LogP contribution in [0.2, 0.25) is 0 Å². The van der Waals surface area contributed by atoms with Crippen molar-refractivity contribution in [1.29, 1.82) is 0 Å². The molecule has 0 aromatic carbocycles. The number of carbonyl (C=O) groups excluding carboxylic acids is 4. The van der Waals surface area contributed by atoms with Gasteiger partial charge in [0.05, 0.1) is 32.2 Å². The minimum atomic E-state index is -5.09. The molecule has 8 atom stereocenters. The quantitative estimate of drug-likeness (QED) is 0.0528. The van der Waals surface area contributed by atoms with Crippen molar-refractivity contribution >= 4 is 24.1 Å². The number of fused-ring (bicyclic) bond motifs is 5. The molecular weight excluding hydrogens is 677 g/mol. The van der Waals surface area contributed by atoms with Crippen LogP contribution in [0, 0.1) is 40.4 Å². The van der Waals surface area contributed by atoms with Gasteiger partial charge in [-0.2, -0.15) is 13.2 Å². The van der Waals surface area contributed by atoms with Crippen LogP contribution in [0.15, 0.2) is 11.6 Å². The van der Waals surface area contributed by atoms with E-state index in [9.17, 15) is 32.3 Å². The zero-order valence-corrected chi connectivity index (χ0v) is 31.7. The molecule has 2 amide bonds. The number of carbonyl (C=O) groups is 4. The van der Waals surface area contributed by atoms with E-state index in [0.29, 0.717) is 66.7 Å². The molecule has 1 heterocycles. The Kier molecular flexibility index (Phi) is 13.6. The molecule has 1 aliphatic heterocycles. The number of amides is 2. The molecule has 0 spiro atoms. The zero-order valence-electron chi connectivity index (χ0n) is 31.7. The summed E-state index contributed by atoms with van der Waals surface area (Å²) >= 11 is 0. The summed E-state index contributed by atoms with van der Waals surface area (Å²) in [7, 11) is 0. The van der Waals surface area contributed by atoms with Crippen LogP contribution in [-0.2, 0) is 33.5 Å². The maximum atomic E-state index is 13.8. The van der Waals surface area contributed by atoms with Crippen molar-refractivity contribution in [1.82, 2.24) is 9.96 Å². The number of allylic oxidation sites excluding steroid dienone is 1. The third-order valence-corrected chi connectivity index (χ3v) is 13.6. The first-order chi connectivity index (χ1) is 24.7. The Hall–Kier alpha value is -2.47. The van der Waals surface area contributed by atoms with Crippen molar-refractivity contribution in [2.75, 3.05) is 32.9 Å². The molecule has 0 N–H and O–H groups in total. The van der Waals surface area contributed by atoms with Crippen molar-refractivity contribution in [3.05, 3.63) is 11.6 Å². The van der Waals surface area contributed by atoms with Gasteiger partial charge in [-0.15, -0.1) is 0 Å². The second-order valence-electron chi connectivity index (χ2n) is 17.1. The van der Waals surface area contributed by atoms with Crippen LogP contribution in [0.4, 0.5) is 13.2 Å². The molecule has 3 saturated carbocycles. The van der Waals surface area contributed by atoms with Crippen LogP contribution < -0.4 is 0 Å². The van der Waals surface area contributed by atoms with Crippen molar-refractivity contribution in [3.8, 4) is 0 Å². The first-order valence-electron chi connectivity index (χ1n) is 19.9. The highest BCUT2D eigenvalue weighted by molar-refractivity contribution is 5.81. The number of esters is 1. The van der Waals surface area contributed by atoms with Crippen molar-refractivity contribution in [2.45, 2.75) is 142 Å². The van der Waals surface area contributed by atoms with Crippen LogP contribution in [0.25, 0.3) is 0 Å². The number of hydrogen-bond acceptors (Lipinski definition) is 7. The molecule has 12 heteroatoms. The number of hydrogen-bond donors (Lipinski definition) is 0. The lowest BCUT2D eigenvalue weighted by atomic mass is 9.47. The lowest BCUT2D eigenvalue weighted by Crippen LogP contribution is -2.54. The fraction of sp³-hybridized carbons (Fsp3) is 0.850. The van der Waals surface area contributed by atoms with Crippen LogP contribution in [0.1, 0.15) is 124 Å². The molecule has 4 aliphatic carbocycles. The number of unbranched alkanes of at least 4 members (excludes halogenated alkanes) is 1. The topological polar surface area (TPSA) is 102 Å². The smallest absolute Gasteiger partial charge is 0.460 e. The van der Waals surface area contributed by atoms with Gasteiger partial charge in [0.15, 0.2) is 0 Å². The van der Waals surface area contributed by atoms with Gasteiger partial charge in [0, 0.05) is 19.4 Å². The van der Waals surface area contributed by atoms with Crippen LogP contribution in [0.5, 0.6) is 0 Å². The molecule has 0 aromatic heterocycles. The number of ether oxygens (including phenoxy) is 2. The molecule has 0 radical (unpaired) electrons. The Labute approximate surface area is 307 Å². The summed E-state index contributed by atoms with van der Waals surface area (Å²) in [6.45, 7) is 9.21. The average Bonchev–Trinajstić information content (AvgIpc) is 3.70. The van der Waals surface area contributed by atoms with Crippen molar-refractivity contribution in [2.24, 2.45) is 40.4 Å². The molecule has 5 aliphatic rings. The van der Waals surface area contributed by atoms with Crippen molar-refractivity contribution in [3.63, 3.8) is 0 Å². The van der Waals surface area contributed by atoms with E-state index in [2.05, 4.69) is 33.8 Å². The van der Waals surface area contributed by atoms with E-state index in [1.54, 1.807) is 0 Å². The fourth-order valence-corrected chi connectivity index (χ4v) is 10.7. The molecule has 8 unspecified atom stereocenters. The summed E-state index contributed by atoms with van der Waals surface area (Å²) in [5, 5.41) is 0.528. The number of aldehydes is 1. The van der Waals surface area contributed by atoms with E-state index in [4.69, 9.17) is 14.3 Å². The van der Waals surface area contributed by atoms with Crippen LogP contribution >= 0.6 is 0 Å². The number of rotatable bonds is 16. The Bertz CT molecular complexity index is 1310. The molecule has 0 aromatic rings. The number of nitrogens with zero attached hydrogens (tertiary/aromatic N) is 2. The van der Waals surface area contributed by atoms with E-state index >= 15 is 0 Å². The number of halogens is 3. The van der Waals surface area contributed by atoms with Crippen molar-refractivity contribution < 1.29 is 46.7 Å². The normalized spacial score (nSPS) is 32.8. The second-order valence-corrected chi connectivity index (χ2v) is 17.1. The minimum absolute atomic E-state index is 0.0110. The third kappa shape index (κ3) is 9.24. The Morgan fingerprint density at radius 2 is 1.83 bits per heavy atom. The second kappa shape index (κ2) is 17.3. The maximum absolute atomic E-state index is 13.8. The molecule has 4 fully saturated rings. The van der Waals surface area contributed by atoms with Crippen LogP contribution in [-0.4, -0.2) is 85.3 Å². The van der Waals surface area contributed by atoms with E-state index in [1.807, 2.05) is 0 Å². The summed E-state index contributed by atoms with van der Waals surface area (Å²) in [5.41, 5.74) is 1.45. The molecule has 5 rings (SSSR count). The SMILES string of the molecule is CC(C)CCCCC1CCC2C3CC=C4CC(N(OCCOCC(=O)N5CCC(OC(=O)CCC=O)C5)C(=O)C(F)(F)F)CCC4(C)C3CCC12C. The average molecular weight is 739 g/mol. The highest BCUT2D eigenvalue weighted by Gasteiger charge is 2.59. The largest absolute Gasteiger partial charge is 0.473 e. The highest BCUT2D eigenvalue weighted by atomic mass is 19.4. The maximum Gasteiger partial charge on any atom is 0.473 e. The first kappa shape index (κ1) is 40.7. The summed E-state index contributed by atoms with van der Waals surface area (Å²) in [5.74, 6) is 0.473. The molecular formula is C40H61F3N2O7. The van der Waals surface area contributed by atoms with E-state index in [0.717, 1.165) is 24.7 Å². The summed E-state index contributed by atoms with van der Waals surface area (Å²) in [6, 6.07) is -0.738. The van der Waals surface area contributed by atoms with Gasteiger partial charge >= 0.3 is 18.1 Å². The number of alkyl halides is 3. The Morgan fingerprint density at radius 3 is 2.56 bits per heavy atom. The molecule has 52 heavy (non-hydrogen) atoms.